The fourth-order valence-electron chi connectivity index (χ4n) is 2.47. The van der Waals surface area contributed by atoms with Crippen LogP contribution in [0.5, 0.6) is 0 Å². The Hall–Kier alpha value is -1.69. The van der Waals surface area contributed by atoms with Crippen LogP contribution in [-0.4, -0.2) is 40.5 Å². The molecule has 2 rings (SSSR count). The van der Waals surface area contributed by atoms with Crippen molar-refractivity contribution in [3.05, 3.63) is 18.5 Å². The van der Waals surface area contributed by atoms with Crippen LogP contribution in [0.4, 0.5) is 5.95 Å². The average Bonchev–Trinajstić information content (AvgIpc) is 2.46. The third-order valence-corrected chi connectivity index (χ3v) is 3.62. The van der Waals surface area contributed by atoms with Gasteiger partial charge in [0.05, 0.1) is 0 Å². The molecule has 1 amide bonds. The van der Waals surface area contributed by atoms with Gasteiger partial charge in [0.2, 0.25) is 11.9 Å². The Morgan fingerprint density at radius 1 is 1.48 bits per heavy atom. The first-order chi connectivity index (χ1) is 9.94. The maximum absolute atomic E-state index is 12.0. The first-order valence-electron chi connectivity index (χ1n) is 7.54. The third-order valence-electron chi connectivity index (χ3n) is 3.62. The Labute approximate surface area is 126 Å². The van der Waals surface area contributed by atoms with Crippen LogP contribution in [0.15, 0.2) is 18.5 Å². The number of nitrogens with two attached hydrogens (primary N) is 1. The molecule has 6 nitrogen and oxygen atoms in total. The molecule has 0 aromatic carbocycles. The minimum absolute atomic E-state index is 0.0781. The number of carbonyl (C=O) groups excluding carboxylic acids is 1. The van der Waals surface area contributed by atoms with Crippen molar-refractivity contribution in [3.63, 3.8) is 0 Å². The zero-order valence-corrected chi connectivity index (χ0v) is 12.9. The molecular formula is C15H25N5O. The highest BCUT2D eigenvalue weighted by atomic mass is 16.1. The number of hydrogen-bond donors (Lipinski definition) is 2. The summed E-state index contributed by atoms with van der Waals surface area (Å²) in [4.78, 5) is 22.7. The van der Waals surface area contributed by atoms with Crippen LogP contribution in [0.2, 0.25) is 0 Å². The van der Waals surface area contributed by atoms with Crippen molar-refractivity contribution in [1.29, 1.82) is 0 Å². The topological polar surface area (TPSA) is 84.1 Å². The van der Waals surface area contributed by atoms with Crippen LogP contribution in [0, 0.1) is 0 Å². The molecule has 1 unspecified atom stereocenters. The van der Waals surface area contributed by atoms with Crippen molar-refractivity contribution in [2.45, 2.75) is 51.1 Å². The summed E-state index contributed by atoms with van der Waals surface area (Å²) in [5.41, 5.74) is 5.61. The first kappa shape index (κ1) is 15.7. The van der Waals surface area contributed by atoms with Gasteiger partial charge in [-0.05, 0) is 39.2 Å². The monoisotopic (exact) mass is 291 g/mol. The number of aromatic nitrogens is 2. The second-order valence-electron chi connectivity index (χ2n) is 6.39. The number of rotatable bonds is 5. The molecule has 0 radical (unpaired) electrons. The Morgan fingerprint density at radius 3 is 2.86 bits per heavy atom. The number of carbonyl (C=O) groups is 1. The summed E-state index contributed by atoms with van der Waals surface area (Å²) < 4.78 is 0. The number of piperidine rings is 1. The standard InChI is InChI=1S/C15H25N5O/c1-15(2,16)7-6-13(21)19-12-5-3-10-20(11-12)14-17-8-4-9-18-14/h4,8-9,12H,3,5-7,10-11,16H2,1-2H3,(H,19,21). The van der Waals surface area contributed by atoms with Crippen LogP contribution >= 0.6 is 0 Å². The van der Waals surface area contributed by atoms with E-state index in [0.29, 0.717) is 12.8 Å². The van der Waals surface area contributed by atoms with Gasteiger partial charge in [0.15, 0.2) is 0 Å². The predicted octanol–water partition coefficient (Wildman–Crippen LogP) is 1.08. The van der Waals surface area contributed by atoms with Crippen LogP contribution in [-0.2, 0) is 4.79 Å². The summed E-state index contributed by atoms with van der Waals surface area (Å²) in [5, 5.41) is 3.10. The van der Waals surface area contributed by atoms with Gasteiger partial charge in [-0.3, -0.25) is 4.79 Å². The maximum Gasteiger partial charge on any atom is 0.225 e. The van der Waals surface area contributed by atoms with E-state index < -0.39 is 0 Å². The van der Waals surface area contributed by atoms with E-state index in [4.69, 9.17) is 5.73 Å². The maximum atomic E-state index is 12.0. The quantitative estimate of drug-likeness (QED) is 0.848. The normalized spacial score (nSPS) is 19.4. The number of amides is 1. The van der Waals surface area contributed by atoms with Crippen LogP contribution in [0.25, 0.3) is 0 Å². The largest absolute Gasteiger partial charge is 0.352 e. The summed E-state index contributed by atoms with van der Waals surface area (Å²) >= 11 is 0. The lowest BCUT2D eigenvalue weighted by Gasteiger charge is -2.33. The molecule has 0 aliphatic carbocycles. The van der Waals surface area contributed by atoms with Crippen molar-refractivity contribution in [1.82, 2.24) is 15.3 Å². The molecule has 1 saturated heterocycles. The van der Waals surface area contributed by atoms with Crippen molar-refractivity contribution < 1.29 is 4.79 Å². The summed E-state index contributed by atoms with van der Waals surface area (Å²) in [5.74, 6) is 0.814. The Morgan fingerprint density at radius 2 is 2.19 bits per heavy atom. The molecule has 6 heteroatoms. The molecule has 3 N–H and O–H groups in total. The third kappa shape index (κ3) is 5.30. The predicted molar refractivity (Wildman–Crippen MR) is 82.9 cm³/mol. The summed E-state index contributed by atoms with van der Waals surface area (Å²) in [6.45, 7) is 5.58. The number of nitrogens with one attached hydrogen (secondary N) is 1. The zero-order chi connectivity index (χ0) is 15.3. The van der Waals surface area contributed by atoms with E-state index in [1.165, 1.54) is 0 Å². The van der Waals surface area contributed by atoms with E-state index in [2.05, 4.69) is 20.2 Å². The zero-order valence-electron chi connectivity index (χ0n) is 12.9. The second-order valence-corrected chi connectivity index (χ2v) is 6.39. The van der Waals surface area contributed by atoms with Gasteiger partial charge < -0.3 is 16.0 Å². The van der Waals surface area contributed by atoms with Gasteiger partial charge in [-0.2, -0.15) is 0 Å². The molecule has 1 atom stereocenters. The lowest BCUT2D eigenvalue weighted by molar-refractivity contribution is -0.122. The van der Waals surface area contributed by atoms with Crippen LogP contribution in [0.1, 0.15) is 39.5 Å². The van der Waals surface area contributed by atoms with Crippen molar-refractivity contribution in [2.24, 2.45) is 5.73 Å². The smallest absolute Gasteiger partial charge is 0.225 e. The SMILES string of the molecule is CC(C)(N)CCC(=O)NC1CCCN(c2ncccn2)C1. The molecule has 0 bridgehead atoms. The lowest BCUT2D eigenvalue weighted by atomic mass is 9.99. The Kier molecular flexibility index (Phi) is 5.12. The molecule has 0 saturated carbocycles. The van der Waals surface area contributed by atoms with Gasteiger partial charge in [-0.1, -0.05) is 0 Å². The minimum atomic E-state index is -0.298. The second kappa shape index (κ2) is 6.85. The van der Waals surface area contributed by atoms with Gasteiger partial charge in [0.1, 0.15) is 0 Å². The van der Waals surface area contributed by atoms with Crippen molar-refractivity contribution in [3.8, 4) is 0 Å². The number of hydrogen-bond acceptors (Lipinski definition) is 5. The molecule has 1 aromatic heterocycles. The van der Waals surface area contributed by atoms with Gasteiger partial charge in [-0.25, -0.2) is 9.97 Å². The molecule has 1 aliphatic heterocycles. The summed E-state index contributed by atoms with van der Waals surface area (Å²) in [7, 11) is 0. The molecule has 1 fully saturated rings. The van der Waals surface area contributed by atoms with E-state index >= 15 is 0 Å². The van der Waals surface area contributed by atoms with E-state index in [-0.39, 0.29) is 17.5 Å². The van der Waals surface area contributed by atoms with Gasteiger partial charge in [0.25, 0.3) is 0 Å². The first-order valence-corrected chi connectivity index (χ1v) is 7.54. The highest BCUT2D eigenvalue weighted by molar-refractivity contribution is 5.76. The molecular weight excluding hydrogens is 266 g/mol. The van der Waals surface area contributed by atoms with Crippen molar-refractivity contribution in [2.75, 3.05) is 18.0 Å². The summed E-state index contributed by atoms with van der Waals surface area (Å²) in [6.07, 6.45) is 6.69. The van der Waals surface area contributed by atoms with Crippen molar-refractivity contribution >= 4 is 11.9 Å². The van der Waals surface area contributed by atoms with E-state index in [1.807, 2.05) is 13.8 Å². The minimum Gasteiger partial charge on any atom is -0.352 e. The summed E-state index contributed by atoms with van der Waals surface area (Å²) in [6, 6.07) is 1.97. The molecule has 2 heterocycles. The Bertz CT molecular complexity index is 457. The van der Waals surface area contributed by atoms with E-state index in [9.17, 15) is 4.79 Å². The van der Waals surface area contributed by atoms with Gasteiger partial charge in [-0.15, -0.1) is 0 Å². The molecule has 1 aromatic rings. The van der Waals surface area contributed by atoms with Gasteiger partial charge in [0, 0.05) is 43.5 Å². The fourth-order valence-corrected chi connectivity index (χ4v) is 2.47. The van der Waals surface area contributed by atoms with Crippen LogP contribution < -0.4 is 16.0 Å². The molecule has 21 heavy (non-hydrogen) atoms. The average molecular weight is 291 g/mol. The van der Waals surface area contributed by atoms with E-state index in [0.717, 1.165) is 31.9 Å². The van der Waals surface area contributed by atoms with E-state index in [1.54, 1.807) is 18.5 Å². The highest BCUT2D eigenvalue weighted by Gasteiger charge is 2.23. The molecule has 116 valence electrons. The lowest BCUT2D eigenvalue weighted by Crippen LogP contribution is -2.48. The van der Waals surface area contributed by atoms with Gasteiger partial charge >= 0.3 is 0 Å². The van der Waals surface area contributed by atoms with Crippen LogP contribution in [0.3, 0.4) is 0 Å². The Balaban J connectivity index is 1.83. The molecule has 0 spiro atoms. The molecule has 1 aliphatic rings. The fraction of sp³-hybridized carbons (Fsp3) is 0.667. The number of nitrogens with zero attached hydrogens (tertiary/aromatic N) is 3. The number of anilines is 1. The highest BCUT2D eigenvalue weighted by Crippen LogP contribution is 2.15.